The van der Waals surface area contributed by atoms with Crippen LogP contribution in [0.4, 0.5) is 4.39 Å². The number of sulfonamides is 1. The number of carboxylic acids is 1. The molecule has 0 bridgehead atoms. The van der Waals surface area contributed by atoms with Crippen molar-refractivity contribution in [2.45, 2.75) is 0 Å². The Balaban J connectivity index is 2.27. The first-order valence-electron chi connectivity index (χ1n) is 5.07. The van der Waals surface area contributed by atoms with E-state index in [4.69, 9.17) is 5.11 Å². The molecule has 0 aliphatic carbocycles. The number of carbonyl (C=O) groups is 2. The van der Waals surface area contributed by atoms with Crippen LogP contribution in [0.25, 0.3) is 0 Å². The minimum atomic E-state index is -4.41. The highest BCUT2D eigenvalue weighted by Gasteiger charge is 2.34. The highest BCUT2D eigenvalue weighted by atomic mass is 32.2. The molecule has 1 aromatic rings. The summed E-state index contributed by atoms with van der Waals surface area (Å²) in [4.78, 5) is 21.4. The second-order valence-corrected chi connectivity index (χ2v) is 5.18. The number of ether oxygens (including phenoxy) is 1. The number of esters is 1. The summed E-state index contributed by atoms with van der Waals surface area (Å²) in [5.41, 5.74) is -0.795. The van der Waals surface area contributed by atoms with Crippen LogP contribution in [0, 0.1) is 5.82 Å². The number of hydrogen-bond acceptors (Lipinski definition) is 5. The standard InChI is InChI=1S/C11H6FNO6S/c12-6-2-1-3-7(4-6)19-11(16)9-5-8(10(14)15)13-20(9,17)18/h1-5H,(H,14,15). The van der Waals surface area contributed by atoms with E-state index >= 15 is 0 Å². The third-order valence-corrected chi connectivity index (χ3v) is 3.47. The average Bonchev–Trinajstić information content (AvgIpc) is 2.65. The molecule has 0 saturated carbocycles. The number of carbonyl (C=O) groups excluding carboxylic acids is 1. The molecule has 1 N–H and O–H groups in total. The highest BCUT2D eigenvalue weighted by Crippen LogP contribution is 2.21. The van der Waals surface area contributed by atoms with E-state index in [0.29, 0.717) is 6.08 Å². The highest BCUT2D eigenvalue weighted by molar-refractivity contribution is 7.95. The molecule has 1 aromatic carbocycles. The van der Waals surface area contributed by atoms with Crippen LogP contribution in [-0.4, -0.2) is 31.2 Å². The summed E-state index contributed by atoms with van der Waals surface area (Å²) < 4.78 is 43.4. The molecule has 104 valence electrons. The van der Waals surface area contributed by atoms with Gasteiger partial charge in [0, 0.05) is 12.1 Å². The predicted octanol–water partition coefficient (Wildman–Crippen LogP) is 0.484. The van der Waals surface area contributed by atoms with E-state index < -0.39 is 38.4 Å². The third kappa shape index (κ3) is 2.72. The topological polar surface area (TPSA) is 110 Å². The van der Waals surface area contributed by atoms with Gasteiger partial charge in [0.25, 0.3) is 10.0 Å². The van der Waals surface area contributed by atoms with Crippen molar-refractivity contribution in [1.29, 1.82) is 0 Å². The van der Waals surface area contributed by atoms with E-state index in [1.807, 2.05) is 0 Å². The molecule has 20 heavy (non-hydrogen) atoms. The van der Waals surface area contributed by atoms with Gasteiger partial charge in [-0.25, -0.2) is 14.0 Å². The van der Waals surface area contributed by atoms with Crippen LogP contribution < -0.4 is 4.74 Å². The number of carboxylic acid groups (broad SMARTS) is 1. The van der Waals surface area contributed by atoms with Gasteiger partial charge >= 0.3 is 11.9 Å². The lowest BCUT2D eigenvalue weighted by molar-refractivity contribution is -0.130. The molecule has 0 saturated heterocycles. The zero-order valence-corrected chi connectivity index (χ0v) is 10.4. The predicted molar refractivity (Wildman–Crippen MR) is 64.1 cm³/mol. The summed E-state index contributed by atoms with van der Waals surface area (Å²) in [5.74, 6) is -3.83. The fourth-order valence-corrected chi connectivity index (χ4v) is 2.36. The Morgan fingerprint density at radius 2 is 2.00 bits per heavy atom. The van der Waals surface area contributed by atoms with E-state index in [1.54, 1.807) is 0 Å². The normalized spacial score (nSPS) is 16.2. The van der Waals surface area contributed by atoms with Crippen LogP contribution in [0.15, 0.2) is 39.6 Å². The van der Waals surface area contributed by atoms with Crippen LogP contribution in [0.3, 0.4) is 0 Å². The largest absolute Gasteiger partial charge is 0.476 e. The van der Waals surface area contributed by atoms with Gasteiger partial charge in [-0.05, 0) is 12.1 Å². The lowest BCUT2D eigenvalue weighted by atomic mass is 10.3. The quantitative estimate of drug-likeness (QED) is 0.642. The molecular weight excluding hydrogens is 293 g/mol. The Morgan fingerprint density at radius 3 is 2.55 bits per heavy atom. The van der Waals surface area contributed by atoms with Crippen molar-refractivity contribution in [1.82, 2.24) is 0 Å². The maximum Gasteiger partial charge on any atom is 0.357 e. The first-order chi connectivity index (χ1) is 9.29. The van der Waals surface area contributed by atoms with Crippen LogP contribution in [0.5, 0.6) is 5.75 Å². The van der Waals surface area contributed by atoms with Crippen molar-refractivity contribution in [3.05, 3.63) is 41.1 Å². The first-order valence-corrected chi connectivity index (χ1v) is 6.51. The Hall–Kier alpha value is -2.55. The van der Waals surface area contributed by atoms with Crippen molar-refractivity contribution in [2.24, 2.45) is 4.40 Å². The molecule has 0 unspecified atom stereocenters. The number of rotatable bonds is 3. The summed E-state index contributed by atoms with van der Waals surface area (Å²) in [6.07, 6.45) is 0.583. The fraction of sp³-hybridized carbons (Fsp3) is 0. The zero-order chi connectivity index (χ0) is 14.9. The van der Waals surface area contributed by atoms with Gasteiger partial charge in [0.15, 0.2) is 10.6 Å². The Bertz CT molecular complexity index is 765. The van der Waals surface area contributed by atoms with Crippen molar-refractivity contribution in [3.63, 3.8) is 0 Å². The molecule has 0 aromatic heterocycles. The van der Waals surface area contributed by atoms with Crippen LogP contribution in [-0.2, 0) is 19.6 Å². The van der Waals surface area contributed by atoms with Gasteiger partial charge in [-0.2, -0.15) is 12.8 Å². The molecular formula is C11H6FNO6S. The average molecular weight is 299 g/mol. The molecule has 0 fully saturated rings. The van der Waals surface area contributed by atoms with Crippen LogP contribution in [0.1, 0.15) is 0 Å². The maximum atomic E-state index is 12.9. The Kier molecular flexibility index (Phi) is 3.36. The summed E-state index contributed by atoms with van der Waals surface area (Å²) >= 11 is 0. The lowest BCUT2D eigenvalue weighted by Crippen LogP contribution is -2.15. The fourth-order valence-electron chi connectivity index (χ4n) is 1.36. The summed E-state index contributed by atoms with van der Waals surface area (Å²) in [7, 11) is -4.41. The minimum Gasteiger partial charge on any atom is -0.476 e. The lowest BCUT2D eigenvalue weighted by Gasteiger charge is -2.03. The Morgan fingerprint density at radius 1 is 1.30 bits per heavy atom. The summed E-state index contributed by atoms with van der Waals surface area (Å²) in [5, 5.41) is 8.63. The van der Waals surface area contributed by atoms with Crippen molar-refractivity contribution >= 4 is 27.7 Å². The molecule has 9 heteroatoms. The molecule has 7 nitrogen and oxygen atoms in total. The number of halogens is 1. The van der Waals surface area contributed by atoms with E-state index in [2.05, 4.69) is 9.13 Å². The van der Waals surface area contributed by atoms with E-state index in [9.17, 15) is 22.4 Å². The first kappa shape index (κ1) is 13.9. The van der Waals surface area contributed by atoms with Crippen LogP contribution in [0.2, 0.25) is 0 Å². The smallest absolute Gasteiger partial charge is 0.357 e. The monoisotopic (exact) mass is 299 g/mol. The molecule has 0 atom stereocenters. The summed E-state index contributed by atoms with van der Waals surface area (Å²) in [6, 6.07) is 4.48. The second-order valence-electron chi connectivity index (χ2n) is 3.61. The van der Waals surface area contributed by atoms with Gasteiger partial charge in [-0.3, -0.25) is 0 Å². The third-order valence-electron chi connectivity index (χ3n) is 2.19. The van der Waals surface area contributed by atoms with Gasteiger partial charge in [0.05, 0.1) is 0 Å². The van der Waals surface area contributed by atoms with E-state index in [-0.39, 0.29) is 5.75 Å². The van der Waals surface area contributed by atoms with Gasteiger partial charge in [-0.1, -0.05) is 6.07 Å². The van der Waals surface area contributed by atoms with Crippen molar-refractivity contribution in [3.8, 4) is 5.75 Å². The molecule has 0 amide bonds. The van der Waals surface area contributed by atoms with Gasteiger partial charge in [0.2, 0.25) is 0 Å². The van der Waals surface area contributed by atoms with E-state index in [1.165, 1.54) is 12.1 Å². The number of hydrogen-bond donors (Lipinski definition) is 1. The molecule has 1 aliphatic heterocycles. The van der Waals surface area contributed by atoms with Crippen LogP contribution >= 0.6 is 0 Å². The van der Waals surface area contributed by atoms with Gasteiger partial charge in [-0.15, -0.1) is 0 Å². The van der Waals surface area contributed by atoms with Crippen molar-refractivity contribution in [2.75, 3.05) is 0 Å². The van der Waals surface area contributed by atoms with E-state index in [0.717, 1.165) is 12.1 Å². The maximum absolute atomic E-state index is 12.9. The van der Waals surface area contributed by atoms with Crippen molar-refractivity contribution < 1.29 is 32.2 Å². The number of benzene rings is 1. The van der Waals surface area contributed by atoms with Gasteiger partial charge in [0.1, 0.15) is 11.6 Å². The number of aliphatic carboxylic acids is 1. The molecule has 0 radical (unpaired) electrons. The zero-order valence-electron chi connectivity index (χ0n) is 9.61. The molecule has 0 spiro atoms. The molecule has 2 rings (SSSR count). The molecule has 1 heterocycles. The SMILES string of the molecule is O=C(O)C1=NS(=O)(=O)C(C(=O)Oc2cccc(F)c2)=C1. The molecule has 1 aliphatic rings. The minimum absolute atomic E-state index is 0.213. The number of nitrogens with zero attached hydrogens (tertiary/aromatic N) is 1. The van der Waals surface area contributed by atoms with Gasteiger partial charge < -0.3 is 9.84 Å². The summed E-state index contributed by atoms with van der Waals surface area (Å²) in [6.45, 7) is 0. The second kappa shape index (κ2) is 4.85. The Labute approximate surface area is 112 Å².